The van der Waals surface area contributed by atoms with E-state index in [0.29, 0.717) is 12.1 Å². The zero-order chi connectivity index (χ0) is 27.2. The Morgan fingerprint density at radius 3 is 2.24 bits per heavy atom. The van der Waals surface area contributed by atoms with Crippen molar-refractivity contribution in [3.05, 3.63) is 64.7 Å². The molecule has 0 unspecified atom stereocenters. The van der Waals surface area contributed by atoms with Crippen molar-refractivity contribution in [2.75, 3.05) is 17.1 Å². The summed E-state index contributed by atoms with van der Waals surface area (Å²) < 4.78 is 26.9. The van der Waals surface area contributed by atoms with Crippen LogP contribution in [0.4, 0.5) is 5.69 Å². The van der Waals surface area contributed by atoms with Crippen molar-refractivity contribution >= 4 is 27.5 Å². The van der Waals surface area contributed by atoms with Gasteiger partial charge in [0.25, 0.3) is 0 Å². The number of hydrogen-bond donors (Lipinski definition) is 1. The third-order valence-electron chi connectivity index (χ3n) is 7.46. The molecule has 2 amide bonds. The molecule has 1 fully saturated rings. The fourth-order valence-electron chi connectivity index (χ4n) is 5.04. The molecule has 1 aliphatic rings. The molecule has 1 N–H and O–H groups in total. The fourth-order valence-corrected chi connectivity index (χ4v) is 5.94. The van der Waals surface area contributed by atoms with Crippen LogP contribution in [-0.2, 0) is 26.2 Å². The molecular weight excluding hydrogens is 486 g/mol. The smallest absolute Gasteiger partial charge is 0.244 e. The maximum atomic E-state index is 13.9. The van der Waals surface area contributed by atoms with Gasteiger partial charge in [0.2, 0.25) is 21.8 Å². The molecule has 2 aromatic carbocycles. The fraction of sp³-hybridized carbons (Fsp3) is 0.517. The summed E-state index contributed by atoms with van der Waals surface area (Å²) in [7, 11) is -3.76. The SMILES string of the molecule is CC[C@H](C(=O)NC1CCCCC1)N(Cc1ccccc1C)C(=O)CN(c1cccc(C)c1C)S(C)(=O)=O. The van der Waals surface area contributed by atoms with E-state index in [2.05, 4.69) is 5.32 Å². The summed E-state index contributed by atoms with van der Waals surface area (Å²) in [6.07, 6.45) is 6.80. The van der Waals surface area contributed by atoms with Gasteiger partial charge in [0.1, 0.15) is 12.6 Å². The molecule has 1 saturated carbocycles. The molecule has 2 aromatic rings. The minimum absolute atomic E-state index is 0.119. The molecule has 7 nitrogen and oxygen atoms in total. The molecule has 8 heteroatoms. The lowest BCUT2D eigenvalue weighted by Gasteiger charge is -2.34. The van der Waals surface area contributed by atoms with Crippen LogP contribution in [0.3, 0.4) is 0 Å². The van der Waals surface area contributed by atoms with Gasteiger partial charge in [-0.2, -0.15) is 0 Å². The van der Waals surface area contributed by atoms with Crippen LogP contribution in [0.5, 0.6) is 0 Å². The first kappa shape index (κ1) is 28.7. The summed E-state index contributed by atoms with van der Waals surface area (Å²) in [6.45, 7) is 7.48. The minimum Gasteiger partial charge on any atom is -0.352 e. The monoisotopic (exact) mass is 527 g/mol. The highest BCUT2D eigenvalue weighted by Crippen LogP contribution is 2.26. The zero-order valence-corrected chi connectivity index (χ0v) is 23.6. The van der Waals surface area contributed by atoms with Crippen LogP contribution in [0.15, 0.2) is 42.5 Å². The summed E-state index contributed by atoms with van der Waals surface area (Å²) in [5, 5.41) is 3.17. The van der Waals surface area contributed by atoms with Crippen LogP contribution in [0.1, 0.15) is 67.7 Å². The van der Waals surface area contributed by atoms with Crippen LogP contribution in [0.25, 0.3) is 0 Å². The Labute approximate surface area is 222 Å². The molecular formula is C29H41N3O4S. The van der Waals surface area contributed by atoms with Gasteiger partial charge in [-0.25, -0.2) is 8.42 Å². The predicted molar refractivity (Wildman–Crippen MR) is 149 cm³/mol. The van der Waals surface area contributed by atoms with E-state index in [0.717, 1.165) is 58.5 Å². The Morgan fingerprint density at radius 1 is 0.973 bits per heavy atom. The van der Waals surface area contributed by atoms with E-state index >= 15 is 0 Å². The number of amides is 2. The minimum atomic E-state index is -3.76. The van der Waals surface area contributed by atoms with Gasteiger partial charge in [-0.3, -0.25) is 13.9 Å². The number of anilines is 1. The van der Waals surface area contributed by atoms with E-state index in [4.69, 9.17) is 0 Å². The standard InChI is InChI=1S/C29H41N3O4S/c1-6-26(29(34)30-25-16-8-7-9-17-25)31(19-24-15-11-10-13-22(24)3)28(33)20-32(37(5,35)36)27-18-12-14-21(2)23(27)4/h10-15,18,25-26H,6-9,16-17,19-20H2,1-5H3,(H,30,34)/t26-/m1/s1. The first-order valence-corrected chi connectivity index (χ1v) is 15.1. The van der Waals surface area contributed by atoms with E-state index in [1.54, 1.807) is 17.0 Å². The average molecular weight is 528 g/mol. The Kier molecular flexibility index (Phi) is 9.76. The van der Waals surface area contributed by atoms with Crippen molar-refractivity contribution in [1.82, 2.24) is 10.2 Å². The van der Waals surface area contributed by atoms with Crippen LogP contribution in [0.2, 0.25) is 0 Å². The number of hydrogen-bond acceptors (Lipinski definition) is 4. The highest BCUT2D eigenvalue weighted by Gasteiger charge is 2.33. The molecule has 202 valence electrons. The van der Waals surface area contributed by atoms with Gasteiger partial charge < -0.3 is 10.2 Å². The van der Waals surface area contributed by atoms with Crippen molar-refractivity contribution < 1.29 is 18.0 Å². The Balaban J connectivity index is 1.95. The Hall–Kier alpha value is -2.87. The van der Waals surface area contributed by atoms with Gasteiger partial charge in [0.15, 0.2) is 0 Å². The first-order valence-electron chi connectivity index (χ1n) is 13.2. The number of nitrogens with one attached hydrogen (secondary N) is 1. The third-order valence-corrected chi connectivity index (χ3v) is 8.59. The maximum Gasteiger partial charge on any atom is 0.244 e. The summed E-state index contributed by atoms with van der Waals surface area (Å²) in [6, 6.07) is 12.6. The Bertz CT molecular complexity index is 1210. The molecule has 0 saturated heterocycles. The molecule has 0 bridgehead atoms. The van der Waals surface area contributed by atoms with Crippen molar-refractivity contribution in [2.24, 2.45) is 0 Å². The van der Waals surface area contributed by atoms with E-state index in [9.17, 15) is 18.0 Å². The molecule has 0 aliphatic heterocycles. The molecule has 1 aliphatic carbocycles. The van der Waals surface area contributed by atoms with E-state index in [-0.39, 0.29) is 25.0 Å². The number of aryl methyl sites for hydroxylation is 2. The molecule has 0 aromatic heterocycles. The van der Waals surface area contributed by atoms with Gasteiger partial charge in [-0.05, 0) is 68.4 Å². The summed E-state index contributed by atoms with van der Waals surface area (Å²) in [5.74, 6) is -0.575. The van der Waals surface area contributed by atoms with Crippen molar-refractivity contribution in [3.8, 4) is 0 Å². The number of carbonyl (C=O) groups is 2. The van der Waals surface area contributed by atoms with Gasteiger partial charge >= 0.3 is 0 Å². The molecule has 0 radical (unpaired) electrons. The second kappa shape index (κ2) is 12.6. The highest BCUT2D eigenvalue weighted by molar-refractivity contribution is 7.92. The molecule has 37 heavy (non-hydrogen) atoms. The summed E-state index contributed by atoms with van der Waals surface area (Å²) in [5.41, 5.74) is 4.16. The summed E-state index contributed by atoms with van der Waals surface area (Å²) in [4.78, 5) is 29.0. The second-order valence-electron chi connectivity index (χ2n) is 10.2. The largest absolute Gasteiger partial charge is 0.352 e. The number of sulfonamides is 1. The van der Waals surface area contributed by atoms with Crippen LogP contribution in [0, 0.1) is 20.8 Å². The van der Waals surface area contributed by atoms with Crippen molar-refractivity contribution in [3.63, 3.8) is 0 Å². The van der Waals surface area contributed by atoms with Crippen LogP contribution < -0.4 is 9.62 Å². The van der Waals surface area contributed by atoms with Gasteiger partial charge in [0, 0.05) is 12.6 Å². The third kappa shape index (κ3) is 7.34. The quantitative estimate of drug-likeness (QED) is 0.488. The number of benzene rings is 2. The average Bonchev–Trinajstić information content (AvgIpc) is 2.85. The maximum absolute atomic E-state index is 13.9. The zero-order valence-electron chi connectivity index (χ0n) is 22.8. The van der Waals surface area contributed by atoms with E-state index < -0.39 is 22.0 Å². The number of carbonyl (C=O) groups excluding carboxylic acids is 2. The summed E-state index contributed by atoms with van der Waals surface area (Å²) >= 11 is 0. The van der Waals surface area contributed by atoms with Crippen LogP contribution in [-0.4, -0.2) is 50.0 Å². The number of nitrogens with zero attached hydrogens (tertiary/aromatic N) is 2. The van der Waals surface area contributed by atoms with Gasteiger partial charge in [-0.15, -0.1) is 0 Å². The van der Waals surface area contributed by atoms with Gasteiger partial charge in [0.05, 0.1) is 11.9 Å². The normalized spacial score (nSPS) is 15.2. The lowest BCUT2D eigenvalue weighted by atomic mass is 9.95. The first-order chi connectivity index (χ1) is 17.5. The molecule has 3 rings (SSSR count). The molecule has 1 atom stereocenters. The van der Waals surface area contributed by atoms with Crippen molar-refractivity contribution in [2.45, 2.75) is 84.8 Å². The van der Waals surface area contributed by atoms with Gasteiger partial charge in [-0.1, -0.05) is 62.6 Å². The van der Waals surface area contributed by atoms with Crippen molar-refractivity contribution in [1.29, 1.82) is 0 Å². The Morgan fingerprint density at radius 2 is 1.62 bits per heavy atom. The van der Waals surface area contributed by atoms with E-state index in [1.807, 2.05) is 58.0 Å². The lowest BCUT2D eigenvalue weighted by molar-refractivity contribution is -0.140. The predicted octanol–water partition coefficient (Wildman–Crippen LogP) is 4.63. The van der Waals surface area contributed by atoms with Crippen LogP contribution >= 0.6 is 0 Å². The van der Waals surface area contributed by atoms with E-state index in [1.165, 1.54) is 6.42 Å². The number of rotatable bonds is 10. The lowest BCUT2D eigenvalue weighted by Crippen LogP contribution is -2.54. The molecule has 0 heterocycles. The second-order valence-corrected chi connectivity index (χ2v) is 12.1. The molecule has 0 spiro atoms. The highest BCUT2D eigenvalue weighted by atomic mass is 32.2. The topological polar surface area (TPSA) is 86.8 Å².